The number of hydrogen-bond acceptors (Lipinski definition) is 8. The van der Waals surface area contributed by atoms with Crippen LogP contribution in [0.2, 0.25) is 0 Å². The highest BCUT2D eigenvalue weighted by molar-refractivity contribution is 6.10. The van der Waals surface area contributed by atoms with Crippen molar-refractivity contribution in [1.82, 2.24) is 16.0 Å². The van der Waals surface area contributed by atoms with Crippen molar-refractivity contribution in [3.63, 3.8) is 0 Å². The number of nitrogens with one attached hydrogen (secondary N) is 3. The molecular weight excluding hydrogens is 446 g/mol. The van der Waals surface area contributed by atoms with Crippen LogP contribution in [-0.2, 0) is 33.4 Å². The minimum atomic E-state index is -2.18. The lowest BCUT2D eigenvalue weighted by atomic mass is 9.96. The van der Waals surface area contributed by atoms with Crippen molar-refractivity contribution < 1.29 is 38.2 Å². The van der Waals surface area contributed by atoms with Crippen LogP contribution >= 0.6 is 0 Å². The van der Waals surface area contributed by atoms with Gasteiger partial charge in [-0.25, -0.2) is 14.4 Å². The van der Waals surface area contributed by atoms with Gasteiger partial charge in [0.25, 0.3) is 5.91 Å². The predicted molar refractivity (Wildman–Crippen MR) is 125 cm³/mol. The number of methoxy groups -OCH3 is 2. The topological polar surface area (TPSA) is 149 Å². The van der Waals surface area contributed by atoms with E-state index >= 15 is 0 Å². The normalized spacial score (nSPS) is 14.9. The molecule has 11 nitrogen and oxygen atoms in total. The first-order valence-electron chi connectivity index (χ1n) is 11.3. The quantitative estimate of drug-likeness (QED) is 0.226. The van der Waals surface area contributed by atoms with Gasteiger partial charge >= 0.3 is 18.0 Å². The molecule has 11 heteroatoms. The van der Waals surface area contributed by atoms with Gasteiger partial charge in [-0.15, -0.1) is 0 Å². The van der Waals surface area contributed by atoms with Gasteiger partial charge in [0.2, 0.25) is 11.4 Å². The van der Waals surface area contributed by atoms with Crippen LogP contribution < -0.4 is 16.0 Å². The number of rotatable bonds is 11. The Morgan fingerprint density at radius 1 is 0.765 bits per heavy atom. The minimum absolute atomic E-state index is 0.0151. The lowest BCUT2D eigenvalue weighted by Crippen LogP contribution is -2.66. The molecule has 3 atom stereocenters. The summed E-state index contributed by atoms with van der Waals surface area (Å²) in [6.07, 6.45) is -0.359. The summed E-state index contributed by atoms with van der Waals surface area (Å²) in [6, 6.07) is -2.14. The maximum Gasteiger partial charge on any atom is 0.408 e. The van der Waals surface area contributed by atoms with Crippen molar-refractivity contribution in [3.05, 3.63) is 0 Å². The van der Waals surface area contributed by atoms with Gasteiger partial charge in [-0.2, -0.15) is 0 Å². The van der Waals surface area contributed by atoms with Gasteiger partial charge in [0.15, 0.2) is 0 Å². The molecule has 3 N–H and O–H groups in total. The number of carbonyl (C=O) groups is 5. The fourth-order valence-corrected chi connectivity index (χ4v) is 3.02. The summed E-state index contributed by atoms with van der Waals surface area (Å²) in [6.45, 7) is 13.6. The molecular formula is C23H41N3O8. The van der Waals surface area contributed by atoms with Gasteiger partial charge in [-0.3, -0.25) is 9.59 Å². The summed E-state index contributed by atoms with van der Waals surface area (Å²) in [5.41, 5.74) is -2.97. The van der Waals surface area contributed by atoms with Gasteiger partial charge in [-0.05, 0) is 52.4 Å². The van der Waals surface area contributed by atoms with Crippen LogP contribution in [0.1, 0.15) is 68.2 Å². The van der Waals surface area contributed by atoms with Crippen molar-refractivity contribution in [2.45, 2.75) is 91.5 Å². The largest absolute Gasteiger partial charge is 0.467 e. The van der Waals surface area contributed by atoms with E-state index in [9.17, 15) is 24.0 Å². The van der Waals surface area contributed by atoms with Crippen molar-refractivity contribution >= 4 is 29.8 Å². The third-order valence-electron chi connectivity index (χ3n) is 4.63. The standard InChI is InChI=1S/C23H41N3O8/c1-13(2)11-15(25-21(31)34-22(5,6)7)17(27)26-23(8,20(30)33-10)19(29)24-16(12-14(3)4)18(28)32-9/h13-16H,11-12H2,1-10H3,(H,24,29)(H,25,31)(H,26,27)/t15-,16-,23?/m0/s1. The molecule has 0 saturated heterocycles. The number of ether oxygens (including phenoxy) is 3. The van der Waals surface area contributed by atoms with Crippen LogP contribution in [0.25, 0.3) is 0 Å². The minimum Gasteiger partial charge on any atom is -0.467 e. The Morgan fingerprint density at radius 3 is 1.68 bits per heavy atom. The monoisotopic (exact) mass is 487 g/mol. The van der Waals surface area contributed by atoms with E-state index < -0.39 is 53.1 Å². The summed E-state index contributed by atoms with van der Waals surface area (Å²) < 4.78 is 14.7. The number of amides is 3. The van der Waals surface area contributed by atoms with Gasteiger partial charge in [0.05, 0.1) is 14.2 Å². The zero-order valence-electron chi connectivity index (χ0n) is 22.0. The van der Waals surface area contributed by atoms with Crippen LogP contribution in [0.4, 0.5) is 4.79 Å². The second-order valence-electron chi connectivity index (χ2n) is 10.1. The van der Waals surface area contributed by atoms with Crippen molar-refractivity contribution in [3.8, 4) is 0 Å². The molecule has 0 radical (unpaired) electrons. The highest BCUT2D eigenvalue weighted by Crippen LogP contribution is 2.14. The zero-order valence-corrected chi connectivity index (χ0v) is 22.0. The van der Waals surface area contributed by atoms with Crippen LogP contribution in [0, 0.1) is 11.8 Å². The predicted octanol–water partition coefficient (Wildman–Crippen LogP) is 1.68. The second kappa shape index (κ2) is 13.1. The molecule has 0 fully saturated rings. The first-order valence-corrected chi connectivity index (χ1v) is 11.3. The number of alkyl carbamates (subject to hydrolysis) is 1. The average molecular weight is 488 g/mol. The zero-order chi connectivity index (χ0) is 26.9. The fourth-order valence-electron chi connectivity index (χ4n) is 3.02. The average Bonchev–Trinajstić information content (AvgIpc) is 2.68. The van der Waals surface area contributed by atoms with E-state index in [-0.39, 0.29) is 24.7 Å². The van der Waals surface area contributed by atoms with E-state index in [0.717, 1.165) is 14.0 Å². The molecule has 0 aromatic carbocycles. The second-order valence-corrected chi connectivity index (χ2v) is 10.1. The molecule has 0 rings (SSSR count). The molecule has 0 aliphatic carbocycles. The van der Waals surface area contributed by atoms with E-state index in [1.165, 1.54) is 7.11 Å². The Labute approximate surface area is 202 Å². The Hall–Kier alpha value is -2.85. The van der Waals surface area contributed by atoms with Crippen LogP contribution in [0.3, 0.4) is 0 Å². The highest BCUT2D eigenvalue weighted by atomic mass is 16.6. The van der Waals surface area contributed by atoms with Gasteiger partial charge in [0, 0.05) is 0 Å². The van der Waals surface area contributed by atoms with Gasteiger partial charge in [0.1, 0.15) is 17.7 Å². The number of carbonyl (C=O) groups excluding carboxylic acids is 5. The van der Waals surface area contributed by atoms with Gasteiger partial charge in [-0.1, -0.05) is 27.7 Å². The lowest BCUT2D eigenvalue weighted by Gasteiger charge is -2.31. The number of hydrogen-bond donors (Lipinski definition) is 3. The summed E-state index contributed by atoms with van der Waals surface area (Å²) in [4.78, 5) is 63.2. The van der Waals surface area contributed by atoms with Gasteiger partial charge < -0.3 is 30.2 Å². The highest BCUT2D eigenvalue weighted by Gasteiger charge is 2.46. The summed E-state index contributed by atoms with van der Waals surface area (Å²) >= 11 is 0. The SMILES string of the molecule is COC(=O)[C@H](CC(C)C)NC(=O)C(C)(NC(=O)[C@H](CC(C)C)NC(=O)OC(C)(C)C)C(=O)OC. The Kier molecular flexibility index (Phi) is 12.0. The van der Waals surface area contributed by atoms with Crippen LogP contribution in [0.15, 0.2) is 0 Å². The van der Waals surface area contributed by atoms with E-state index in [1.807, 2.05) is 27.7 Å². The third-order valence-corrected chi connectivity index (χ3v) is 4.63. The Bertz CT molecular complexity index is 745. The van der Waals surface area contributed by atoms with E-state index in [4.69, 9.17) is 14.2 Å². The maximum atomic E-state index is 13.1. The molecule has 0 saturated carbocycles. The molecule has 0 heterocycles. The molecule has 0 aromatic rings. The van der Waals surface area contributed by atoms with Crippen molar-refractivity contribution in [2.75, 3.05) is 14.2 Å². The Morgan fingerprint density at radius 2 is 1.26 bits per heavy atom. The summed E-state index contributed by atoms with van der Waals surface area (Å²) in [5.74, 6) is -3.47. The summed E-state index contributed by atoms with van der Waals surface area (Å²) in [5, 5.41) is 7.34. The molecule has 0 aliphatic heterocycles. The molecule has 1 unspecified atom stereocenters. The van der Waals surface area contributed by atoms with Crippen molar-refractivity contribution in [1.29, 1.82) is 0 Å². The van der Waals surface area contributed by atoms with Crippen molar-refractivity contribution in [2.24, 2.45) is 11.8 Å². The molecule has 0 bridgehead atoms. The fraction of sp³-hybridized carbons (Fsp3) is 0.783. The first kappa shape index (κ1) is 31.1. The number of esters is 2. The summed E-state index contributed by atoms with van der Waals surface area (Å²) in [7, 11) is 2.25. The molecule has 196 valence electrons. The Balaban J connectivity index is 5.87. The smallest absolute Gasteiger partial charge is 0.408 e. The first-order chi connectivity index (χ1) is 15.5. The molecule has 0 aliphatic rings. The molecule has 0 spiro atoms. The van der Waals surface area contributed by atoms with E-state index in [2.05, 4.69) is 16.0 Å². The van der Waals surface area contributed by atoms with Crippen LogP contribution in [-0.4, -0.2) is 67.3 Å². The lowest BCUT2D eigenvalue weighted by molar-refractivity contribution is -0.157. The third kappa shape index (κ3) is 10.4. The molecule has 0 aromatic heterocycles. The molecule has 3 amide bonds. The van der Waals surface area contributed by atoms with E-state index in [0.29, 0.717) is 0 Å². The molecule has 34 heavy (non-hydrogen) atoms. The van der Waals surface area contributed by atoms with E-state index in [1.54, 1.807) is 20.8 Å². The van der Waals surface area contributed by atoms with Crippen LogP contribution in [0.5, 0.6) is 0 Å². The maximum absolute atomic E-state index is 13.1.